The number of amides is 1. The SMILES string of the molecule is CC(Sc1nnnn1Cc1ccco1)C(=O)Nc1ccccc1C#N. The van der Waals surface area contributed by atoms with E-state index in [0.29, 0.717) is 28.7 Å². The van der Waals surface area contributed by atoms with Crippen molar-refractivity contribution in [2.75, 3.05) is 5.32 Å². The van der Waals surface area contributed by atoms with Crippen LogP contribution in [-0.2, 0) is 11.3 Å². The van der Waals surface area contributed by atoms with Gasteiger partial charge in [-0.05, 0) is 41.6 Å². The molecule has 25 heavy (non-hydrogen) atoms. The molecule has 0 fully saturated rings. The van der Waals surface area contributed by atoms with Gasteiger partial charge in [0.2, 0.25) is 11.1 Å². The Labute approximate surface area is 147 Å². The summed E-state index contributed by atoms with van der Waals surface area (Å²) < 4.78 is 6.85. The number of tetrazole rings is 1. The van der Waals surface area contributed by atoms with E-state index in [2.05, 4.69) is 26.9 Å². The van der Waals surface area contributed by atoms with Crippen molar-refractivity contribution in [2.45, 2.75) is 23.9 Å². The van der Waals surface area contributed by atoms with Gasteiger partial charge in [-0.1, -0.05) is 23.9 Å². The van der Waals surface area contributed by atoms with Crippen LogP contribution in [0.2, 0.25) is 0 Å². The number of furan rings is 1. The molecule has 1 amide bonds. The fraction of sp³-hybridized carbons (Fsp3) is 0.188. The van der Waals surface area contributed by atoms with Crippen LogP contribution in [0.5, 0.6) is 0 Å². The number of carbonyl (C=O) groups excluding carboxylic acids is 1. The highest BCUT2D eigenvalue weighted by Gasteiger charge is 2.20. The minimum absolute atomic E-state index is 0.236. The van der Waals surface area contributed by atoms with Crippen LogP contribution in [0.25, 0.3) is 0 Å². The Bertz CT molecular complexity index is 899. The third-order valence-electron chi connectivity index (χ3n) is 3.34. The smallest absolute Gasteiger partial charge is 0.237 e. The molecule has 126 valence electrons. The van der Waals surface area contributed by atoms with E-state index in [4.69, 9.17) is 9.68 Å². The van der Waals surface area contributed by atoms with Crippen LogP contribution >= 0.6 is 11.8 Å². The van der Waals surface area contributed by atoms with Crippen molar-refractivity contribution in [2.24, 2.45) is 0 Å². The number of anilines is 1. The number of thioether (sulfide) groups is 1. The first-order valence-electron chi connectivity index (χ1n) is 7.42. The number of nitriles is 1. The molecule has 0 aliphatic carbocycles. The monoisotopic (exact) mass is 354 g/mol. The van der Waals surface area contributed by atoms with Crippen LogP contribution < -0.4 is 5.32 Å². The summed E-state index contributed by atoms with van der Waals surface area (Å²) in [6, 6.07) is 12.5. The van der Waals surface area contributed by atoms with Crippen molar-refractivity contribution in [1.82, 2.24) is 20.2 Å². The number of hydrogen-bond donors (Lipinski definition) is 1. The first kappa shape index (κ1) is 16.7. The molecule has 0 spiro atoms. The number of aromatic nitrogens is 4. The van der Waals surface area contributed by atoms with Crippen LogP contribution in [0.3, 0.4) is 0 Å². The Morgan fingerprint density at radius 2 is 2.24 bits per heavy atom. The second-order valence-corrected chi connectivity index (χ2v) is 6.41. The molecule has 0 radical (unpaired) electrons. The Hall–Kier alpha value is -3.12. The summed E-state index contributed by atoms with van der Waals surface area (Å²) in [6.07, 6.45) is 1.58. The molecule has 3 aromatic rings. The molecule has 3 rings (SSSR count). The van der Waals surface area contributed by atoms with Gasteiger partial charge in [0.15, 0.2) is 0 Å². The van der Waals surface area contributed by atoms with E-state index in [9.17, 15) is 4.79 Å². The van der Waals surface area contributed by atoms with Gasteiger partial charge in [0, 0.05) is 0 Å². The molecule has 9 heteroatoms. The molecule has 1 N–H and O–H groups in total. The van der Waals surface area contributed by atoms with E-state index in [1.807, 2.05) is 6.07 Å². The molecule has 1 aromatic carbocycles. The molecule has 0 saturated carbocycles. The van der Waals surface area contributed by atoms with Crippen molar-refractivity contribution < 1.29 is 9.21 Å². The quantitative estimate of drug-likeness (QED) is 0.676. The van der Waals surface area contributed by atoms with Gasteiger partial charge >= 0.3 is 0 Å². The zero-order chi connectivity index (χ0) is 17.6. The summed E-state index contributed by atoms with van der Waals surface area (Å²) >= 11 is 1.23. The number of nitrogens with zero attached hydrogens (tertiary/aromatic N) is 5. The lowest BCUT2D eigenvalue weighted by Gasteiger charge is -2.12. The molecule has 0 bridgehead atoms. The molecule has 2 aromatic heterocycles. The molecule has 0 aliphatic rings. The van der Waals surface area contributed by atoms with E-state index in [1.54, 1.807) is 48.2 Å². The van der Waals surface area contributed by atoms with Gasteiger partial charge in [-0.15, -0.1) is 5.10 Å². The summed E-state index contributed by atoms with van der Waals surface area (Å²) in [7, 11) is 0. The zero-order valence-corrected chi connectivity index (χ0v) is 14.1. The fourth-order valence-corrected chi connectivity index (χ4v) is 2.85. The van der Waals surface area contributed by atoms with Crippen LogP contribution in [0.15, 0.2) is 52.2 Å². The highest BCUT2D eigenvalue weighted by molar-refractivity contribution is 8.00. The maximum atomic E-state index is 12.4. The average Bonchev–Trinajstić information content (AvgIpc) is 3.28. The molecule has 0 aliphatic heterocycles. The molecular formula is C16H14N6O2S. The summed E-state index contributed by atoms with van der Waals surface area (Å²) in [4.78, 5) is 12.4. The van der Waals surface area contributed by atoms with Crippen molar-refractivity contribution in [3.05, 3.63) is 54.0 Å². The highest BCUT2D eigenvalue weighted by atomic mass is 32.2. The Balaban J connectivity index is 1.66. The number of carbonyl (C=O) groups is 1. The van der Waals surface area contributed by atoms with Crippen LogP contribution in [-0.4, -0.2) is 31.4 Å². The largest absolute Gasteiger partial charge is 0.467 e. The van der Waals surface area contributed by atoms with E-state index < -0.39 is 5.25 Å². The normalized spacial score (nSPS) is 11.7. The highest BCUT2D eigenvalue weighted by Crippen LogP contribution is 2.23. The lowest BCUT2D eigenvalue weighted by atomic mass is 10.2. The van der Waals surface area contributed by atoms with Gasteiger partial charge in [-0.2, -0.15) is 5.26 Å². The number of hydrogen-bond acceptors (Lipinski definition) is 7. The predicted octanol–water partition coefficient (Wildman–Crippen LogP) is 2.31. The Morgan fingerprint density at radius 3 is 3.00 bits per heavy atom. The average molecular weight is 354 g/mol. The first-order valence-corrected chi connectivity index (χ1v) is 8.30. The fourth-order valence-electron chi connectivity index (χ4n) is 2.07. The van der Waals surface area contributed by atoms with E-state index >= 15 is 0 Å². The maximum Gasteiger partial charge on any atom is 0.237 e. The maximum absolute atomic E-state index is 12.4. The number of para-hydroxylation sites is 1. The molecule has 0 saturated heterocycles. The van der Waals surface area contributed by atoms with Gasteiger partial charge in [-0.3, -0.25) is 4.79 Å². The van der Waals surface area contributed by atoms with Crippen LogP contribution in [0.4, 0.5) is 5.69 Å². The lowest BCUT2D eigenvalue weighted by molar-refractivity contribution is -0.115. The number of nitrogens with one attached hydrogen (secondary N) is 1. The summed E-state index contributed by atoms with van der Waals surface area (Å²) in [5.41, 5.74) is 0.897. The van der Waals surface area contributed by atoms with E-state index in [-0.39, 0.29) is 5.91 Å². The first-order chi connectivity index (χ1) is 12.2. The molecule has 1 unspecified atom stereocenters. The molecule has 8 nitrogen and oxygen atoms in total. The van der Waals surface area contributed by atoms with Crippen molar-refractivity contribution in [3.8, 4) is 6.07 Å². The van der Waals surface area contributed by atoms with Crippen molar-refractivity contribution in [3.63, 3.8) is 0 Å². The van der Waals surface area contributed by atoms with Gasteiger partial charge in [-0.25, -0.2) is 4.68 Å². The minimum atomic E-state index is -0.451. The third-order valence-corrected chi connectivity index (χ3v) is 4.41. The van der Waals surface area contributed by atoms with Crippen molar-refractivity contribution in [1.29, 1.82) is 5.26 Å². The summed E-state index contributed by atoms with van der Waals surface area (Å²) in [5.74, 6) is 0.481. The number of benzene rings is 1. The van der Waals surface area contributed by atoms with Crippen molar-refractivity contribution >= 4 is 23.4 Å². The third kappa shape index (κ3) is 4.05. The van der Waals surface area contributed by atoms with Gasteiger partial charge in [0.1, 0.15) is 18.4 Å². The zero-order valence-electron chi connectivity index (χ0n) is 13.3. The molecule has 1 atom stereocenters. The lowest BCUT2D eigenvalue weighted by Crippen LogP contribution is -2.23. The second-order valence-electron chi connectivity index (χ2n) is 5.11. The Kier molecular flexibility index (Phi) is 5.11. The van der Waals surface area contributed by atoms with E-state index in [1.165, 1.54) is 11.8 Å². The summed E-state index contributed by atoms with van der Waals surface area (Å²) in [6.45, 7) is 2.13. The predicted molar refractivity (Wildman–Crippen MR) is 90.7 cm³/mol. The van der Waals surface area contributed by atoms with Crippen LogP contribution in [0, 0.1) is 11.3 Å². The Morgan fingerprint density at radius 1 is 1.40 bits per heavy atom. The number of rotatable bonds is 6. The topological polar surface area (TPSA) is 110 Å². The standard InChI is InChI=1S/C16H14N6O2S/c1-11(15(23)18-14-7-3-2-5-12(14)9-17)25-16-19-20-21-22(16)10-13-6-4-8-24-13/h2-8,11H,10H2,1H3,(H,18,23). The molecular weight excluding hydrogens is 340 g/mol. The van der Waals surface area contributed by atoms with Gasteiger partial charge in [0.05, 0.1) is 22.8 Å². The molecule has 2 heterocycles. The minimum Gasteiger partial charge on any atom is -0.467 e. The second kappa shape index (κ2) is 7.63. The summed E-state index contributed by atoms with van der Waals surface area (Å²) in [5, 5.41) is 23.4. The van der Waals surface area contributed by atoms with Gasteiger partial charge < -0.3 is 9.73 Å². The van der Waals surface area contributed by atoms with E-state index in [0.717, 1.165) is 0 Å². The van der Waals surface area contributed by atoms with Gasteiger partial charge in [0.25, 0.3) is 0 Å². The van der Waals surface area contributed by atoms with Crippen LogP contribution in [0.1, 0.15) is 18.2 Å².